The van der Waals surface area contributed by atoms with Crippen LogP contribution in [0.15, 0.2) is 41.3 Å². The Hall–Kier alpha value is -2.24. The minimum atomic E-state index is -2.19. The van der Waals surface area contributed by atoms with Crippen LogP contribution in [0.2, 0.25) is 0 Å². The zero-order valence-electron chi connectivity index (χ0n) is 8.99. The Morgan fingerprint density at radius 2 is 2.00 bits per heavy atom. The zero-order valence-corrected chi connectivity index (χ0v) is 8.99. The molecule has 1 unspecified atom stereocenters. The number of alkyl halides is 1. The van der Waals surface area contributed by atoms with Gasteiger partial charge in [-0.3, -0.25) is 4.79 Å². The molecule has 1 heterocycles. The standard InChI is InChI=1S/C12H8F3NO2/c13-9-3-1-2-8(11(9)14)12(15)18-7-4-5-16-10(17)6-7/h1-6,12H,(H,16,17). The van der Waals surface area contributed by atoms with E-state index in [1.807, 2.05) is 0 Å². The molecule has 6 heteroatoms. The maximum Gasteiger partial charge on any atom is 0.267 e. The van der Waals surface area contributed by atoms with Gasteiger partial charge in [0.1, 0.15) is 5.75 Å². The Balaban J connectivity index is 2.24. The second kappa shape index (κ2) is 4.95. The minimum absolute atomic E-state index is 0.0742. The molecular weight excluding hydrogens is 247 g/mol. The fourth-order valence-corrected chi connectivity index (χ4v) is 1.38. The third kappa shape index (κ3) is 2.53. The molecule has 0 spiro atoms. The van der Waals surface area contributed by atoms with Crippen LogP contribution in [0, 0.1) is 11.6 Å². The molecule has 0 fully saturated rings. The monoisotopic (exact) mass is 255 g/mol. The molecule has 1 atom stereocenters. The van der Waals surface area contributed by atoms with Crippen LogP contribution in [0.5, 0.6) is 5.75 Å². The second-order valence-electron chi connectivity index (χ2n) is 3.47. The molecule has 18 heavy (non-hydrogen) atoms. The Bertz CT molecular complexity index is 612. The van der Waals surface area contributed by atoms with Gasteiger partial charge in [-0.15, -0.1) is 0 Å². The Kier molecular flexibility index (Phi) is 3.36. The first kappa shape index (κ1) is 12.2. The topological polar surface area (TPSA) is 42.1 Å². The first-order valence-corrected chi connectivity index (χ1v) is 5.01. The number of halogens is 3. The quantitative estimate of drug-likeness (QED) is 0.916. The molecule has 3 nitrogen and oxygen atoms in total. The molecule has 1 aromatic heterocycles. The van der Waals surface area contributed by atoms with Crippen molar-refractivity contribution in [1.82, 2.24) is 4.98 Å². The largest absolute Gasteiger partial charge is 0.456 e. The molecule has 2 rings (SSSR count). The summed E-state index contributed by atoms with van der Waals surface area (Å²) in [5.74, 6) is -2.55. The van der Waals surface area contributed by atoms with Crippen molar-refractivity contribution in [3.8, 4) is 5.75 Å². The number of pyridine rings is 1. The molecule has 2 aromatic rings. The molecular formula is C12H8F3NO2. The number of nitrogens with one attached hydrogen (secondary N) is 1. The lowest BCUT2D eigenvalue weighted by Crippen LogP contribution is -2.08. The molecule has 1 aromatic carbocycles. The summed E-state index contributed by atoms with van der Waals surface area (Å²) in [6.45, 7) is 0. The number of hydrogen-bond acceptors (Lipinski definition) is 2. The van der Waals surface area contributed by atoms with E-state index < -0.39 is 29.1 Å². The predicted molar refractivity (Wildman–Crippen MR) is 57.9 cm³/mol. The van der Waals surface area contributed by atoms with Gasteiger partial charge in [-0.1, -0.05) is 6.07 Å². The van der Waals surface area contributed by atoms with Gasteiger partial charge >= 0.3 is 0 Å². The van der Waals surface area contributed by atoms with Crippen molar-refractivity contribution in [2.75, 3.05) is 0 Å². The molecule has 0 amide bonds. The number of rotatable bonds is 3. The van der Waals surface area contributed by atoms with Gasteiger partial charge in [-0.2, -0.15) is 4.39 Å². The lowest BCUT2D eigenvalue weighted by Gasteiger charge is -2.12. The third-order valence-corrected chi connectivity index (χ3v) is 2.21. The van der Waals surface area contributed by atoms with Crippen LogP contribution in [-0.4, -0.2) is 4.98 Å². The maximum atomic E-state index is 13.7. The average Bonchev–Trinajstić information content (AvgIpc) is 2.32. The van der Waals surface area contributed by atoms with E-state index in [2.05, 4.69) is 4.98 Å². The van der Waals surface area contributed by atoms with Crippen LogP contribution in [-0.2, 0) is 0 Å². The van der Waals surface area contributed by atoms with Crippen molar-refractivity contribution in [1.29, 1.82) is 0 Å². The van der Waals surface area contributed by atoms with E-state index in [1.54, 1.807) is 0 Å². The van der Waals surface area contributed by atoms with Crippen LogP contribution in [0.3, 0.4) is 0 Å². The Morgan fingerprint density at radius 1 is 1.22 bits per heavy atom. The number of H-pyrrole nitrogens is 1. The van der Waals surface area contributed by atoms with Crippen LogP contribution in [0.4, 0.5) is 13.2 Å². The van der Waals surface area contributed by atoms with Gasteiger partial charge in [0.15, 0.2) is 11.6 Å². The maximum absolute atomic E-state index is 13.7. The number of aromatic amines is 1. The number of ether oxygens (including phenoxy) is 1. The molecule has 0 aliphatic rings. The molecule has 0 saturated heterocycles. The summed E-state index contributed by atoms with van der Waals surface area (Å²) < 4.78 is 44.5. The van der Waals surface area contributed by atoms with Crippen molar-refractivity contribution in [3.63, 3.8) is 0 Å². The summed E-state index contributed by atoms with van der Waals surface area (Å²) in [6.07, 6.45) is -0.936. The van der Waals surface area contributed by atoms with Crippen molar-refractivity contribution in [2.24, 2.45) is 0 Å². The van der Waals surface area contributed by atoms with Crippen LogP contribution < -0.4 is 10.3 Å². The van der Waals surface area contributed by atoms with Gasteiger partial charge in [0.2, 0.25) is 0 Å². The lowest BCUT2D eigenvalue weighted by molar-refractivity contribution is 0.0628. The van der Waals surface area contributed by atoms with E-state index >= 15 is 0 Å². The highest BCUT2D eigenvalue weighted by atomic mass is 19.2. The number of aromatic nitrogens is 1. The number of benzene rings is 1. The van der Waals surface area contributed by atoms with E-state index in [0.717, 1.165) is 18.2 Å². The Labute approximate surface area is 99.8 Å². The van der Waals surface area contributed by atoms with Crippen LogP contribution in [0.1, 0.15) is 11.9 Å². The normalized spacial score (nSPS) is 12.2. The number of hydrogen-bond donors (Lipinski definition) is 1. The van der Waals surface area contributed by atoms with Gasteiger partial charge in [-0.05, 0) is 18.2 Å². The average molecular weight is 255 g/mol. The minimum Gasteiger partial charge on any atom is -0.456 e. The summed E-state index contributed by atoms with van der Waals surface area (Å²) in [5.41, 5.74) is -1.05. The molecule has 94 valence electrons. The summed E-state index contributed by atoms with van der Waals surface area (Å²) in [6, 6.07) is 5.41. The van der Waals surface area contributed by atoms with Crippen molar-refractivity contribution in [3.05, 3.63) is 64.1 Å². The zero-order chi connectivity index (χ0) is 13.1. The van der Waals surface area contributed by atoms with Crippen LogP contribution >= 0.6 is 0 Å². The summed E-state index contributed by atoms with van der Waals surface area (Å²) in [5, 5.41) is 0. The summed E-state index contributed by atoms with van der Waals surface area (Å²) in [4.78, 5) is 13.3. The first-order chi connectivity index (χ1) is 8.58. The second-order valence-corrected chi connectivity index (χ2v) is 3.47. The summed E-state index contributed by atoms with van der Waals surface area (Å²) >= 11 is 0. The molecule has 0 aliphatic carbocycles. The van der Waals surface area contributed by atoms with Crippen molar-refractivity contribution in [2.45, 2.75) is 6.36 Å². The first-order valence-electron chi connectivity index (χ1n) is 5.01. The molecule has 0 saturated carbocycles. The van der Waals surface area contributed by atoms with E-state index in [-0.39, 0.29) is 5.75 Å². The lowest BCUT2D eigenvalue weighted by atomic mass is 10.2. The fraction of sp³-hybridized carbons (Fsp3) is 0.0833. The van der Waals surface area contributed by atoms with Crippen molar-refractivity contribution >= 4 is 0 Å². The van der Waals surface area contributed by atoms with Gasteiger partial charge in [-0.25, -0.2) is 8.78 Å². The molecule has 1 N–H and O–H groups in total. The SMILES string of the molecule is O=c1cc(OC(F)c2cccc(F)c2F)cc[nH]1. The highest BCUT2D eigenvalue weighted by molar-refractivity contribution is 5.23. The van der Waals surface area contributed by atoms with E-state index in [9.17, 15) is 18.0 Å². The highest BCUT2D eigenvalue weighted by Gasteiger charge is 2.19. The predicted octanol–water partition coefficient (Wildman–Crippen LogP) is 2.70. The summed E-state index contributed by atoms with van der Waals surface area (Å²) in [7, 11) is 0. The van der Waals surface area contributed by atoms with Gasteiger partial charge in [0.05, 0.1) is 5.56 Å². The van der Waals surface area contributed by atoms with E-state index in [0.29, 0.717) is 0 Å². The van der Waals surface area contributed by atoms with Crippen molar-refractivity contribution < 1.29 is 17.9 Å². The van der Waals surface area contributed by atoms with E-state index in [4.69, 9.17) is 4.74 Å². The van der Waals surface area contributed by atoms with E-state index in [1.165, 1.54) is 18.3 Å². The third-order valence-electron chi connectivity index (χ3n) is 2.21. The highest BCUT2D eigenvalue weighted by Crippen LogP contribution is 2.25. The Morgan fingerprint density at radius 3 is 2.72 bits per heavy atom. The van der Waals surface area contributed by atoms with Gasteiger partial charge in [0.25, 0.3) is 11.9 Å². The van der Waals surface area contributed by atoms with Crippen LogP contribution in [0.25, 0.3) is 0 Å². The fourth-order valence-electron chi connectivity index (χ4n) is 1.38. The van der Waals surface area contributed by atoms with Gasteiger partial charge < -0.3 is 9.72 Å². The van der Waals surface area contributed by atoms with Gasteiger partial charge in [0, 0.05) is 12.3 Å². The smallest absolute Gasteiger partial charge is 0.267 e. The molecule has 0 aliphatic heterocycles. The molecule has 0 radical (unpaired) electrons. The molecule has 0 bridgehead atoms.